The number of halogens is 2. The van der Waals surface area contributed by atoms with Gasteiger partial charge >= 0.3 is 7.12 Å². The molecule has 1 aliphatic rings. The van der Waals surface area contributed by atoms with Crippen LogP contribution in [0.5, 0.6) is 0 Å². The first kappa shape index (κ1) is 12.1. The number of hydrogen-bond donors (Lipinski definition) is 2. The fourth-order valence-corrected chi connectivity index (χ4v) is 2.09. The third-order valence-corrected chi connectivity index (χ3v) is 4.04. The molecule has 0 fully saturated rings. The summed E-state index contributed by atoms with van der Waals surface area (Å²) in [6, 6.07) is 0. The molecule has 6 heteroatoms. The van der Waals surface area contributed by atoms with Crippen LogP contribution in [0, 0.1) is 0 Å². The summed E-state index contributed by atoms with van der Waals surface area (Å²) < 4.78 is 4.03. The SMILES string of the molecule is COC1=CC(Cl)C(Br)(B(O)O)C=C1C. The molecule has 0 aromatic rings. The first-order valence-electron chi connectivity index (χ1n) is 4.06. The van der Waals surface area contributed by atoms with Gasteiger partial charge in [-0.15, -0.1) is 11.6 Å². The largest absolute Gasteiger partial charge is 0.497 e. The van der Waals surface area contributed by atoms with E-state index in [4.69, 9.17) is 16.3 Å². The Morgan fingerprint density at radius 2 is 2.21 bits per heavy atom. The van der Waals surface area contributed by atoms with Gasteiger partial charge in [0.25, 0.3) is 0 Å². The van der Waals surface area contributed by atoms with Crippen molar-refractivity contribution in [2.45, 2.75) is 16.5 Å². The predicted molar refractivity (Wildman–Crippen MR) is 60.3 cm³/mol. The molecule has 0 radical (unpaired) electrons. The summed E-state index contributed by atoms with van der Waals surface area (Å²) in [5, 5.41) is 17.8. The lowest BCUT2D eigenvalue weighted by molar-refractivity contribution is 0.296. The van der Waals surface area contributed by atoms with Gasteiger partial charge in [0.2, 0.25) is 0 Å². The van der Waals surface area contributed by atoms with Gasteiger partial charge in [-0.25, -0.2) is 0 Å². The van der Waals surface area contributed by atoms with Crippen molar-refractivity contribution < 1.29 is 14.8 Å². The summed E-state index contributed by atoms with van der Waals surface area (Å²) in [4.78, 5) is 0. The molecule has 0 saturated heterocycles. The molecule has 0 heterocycles. The average molecular weight is 281 g/mol. The smallest absolute Gasteiger partial charge is 0.475 e. The zero-order chi connectivity index (χ0) is 10.9. The van der Waals surface area contributed by atoms with E-state index < -0.39 is 16.7 Å². The maximum Gasteiger partial charge on any atom is 0.475 e. The maximum absolute atomic E-state index is 9.19. The molecule has 2 N–H and O–H groups in total. The van der Waals surface area contributed by atoms with E-state index >= 15 is 0 Å². The minimum atomic E-state index is -1.56. The Kier molecular flexibility index (Phi) is 3.69. The number of rotatable bonds is 2. The van der Waals surface area contributed by atoms with Crippen molar-refractivity contribution in [3.63, 3.8) is 0 Å². The molecule has 0 amide bonds. The molecule has 1 aliphatic carbocycles. The minimum absolute atomic E-state index is 0.568. The van der Waals surface area contributed by atoms with Crippen LogP contribution in [0.15, 0.2) is 23.5 Å². The highest BCUT2D eigenvalue weighted by Gasteiger charge is 2.45. The van der Waals surface area contributed by atoms with Crippen molar-refractivity contribution in [1.82, 2.24) is 0 Å². The van der Waals surface area contributed by atoms with E-state index in [1.54, 1.807) is 19.3 Å². The molecule has 2 atom stereocenters. The van der Waals surface area contributed by atoms with Crippen LogP contribution in [-0.4, -0.2) is 33.9 Å². The molecule has 14 heavy (non-hydrogen) atoms. The summed E-state index contributed by atoms with van der Waals surface area (Å²) in [7, 11) is -0.0155. The van der Waals surface area contributed by atoms with Gasteiger partial charge in [0, 0.05) is 0 Å². The Bertz CT molecular complexity index is 292. The van der Waals surface area contributed by atoms with Gasteiger partial charge in [-0.1, -0.05) is 22.0 Å². The molecular formula is C8H11BBrClO3. The Morgan fingerprint density at radius 1 is 1.64 bits per heavy atom. The van der Waals surface area contributed by atoms with E-state index in [0.717, 1.165) is 5.57 Å². The van der Waals surface area contributed by atoms with Crippen LogP contribution in [0.4, 0.5) is 0 Å². The van der Waals surface area contributed by atoms with Gasteiger partial charge in [-0.2, -0.15) is 0 Å². The van der Waals surface area contributed by atoms with Crippen molar-refractivity contribution >= 4 is 34.6 Å². The number of alkyl halides is 2. The maximum atomic E-state index is 9.19. The van der Waals surface area contributed by atoms with E-state index in [9.17, 15) is 10.0 Å². The lowest BCUT2D eigenvalue weighted by Gasteiger charge is -2.31. The molecule has 78 valence electrons. The number of allylic oxidation sites excluding steroid dienone is 3. The zero-order valence-electron chi connectivity index (χ0n) is 7.87. The average Bonchev–Trinajstić information content (AvgIpc) is 2.11. The number of ether oxygens (including phenoxy) is 1. The van der Waals surface area contributed by atoms with Crippen LogP contribution >= 0.6 is 27.5 Å². The second kappa shape index (κ2) is 4.27. The van der Waals surface area contributed by atoms with Gasteiger partial charge in [0.1, 0.15) is 5.76 Å². The molecule has 0 bridgehead atoms. The van der Waals surface area contributed by atoms with Crippen LogP contribution in [0.1, 0.15) is 6.92 Å². The predicted octanol–water partition coefficient (Wildman–Crippen LogP) is 1.23. The summed E-state index contributed by atoms with van der Waals surface area (Å²) in [5.41, 5.74) is 0.814. The standard InChI is InChI=1S/C8H11BBrClO3/c1-5-4-8(10,9(12)13)7(11)3-6(5)14-2/h3-4,7,12-13H,1-2H3. The topological polar surface area (TPSA) is 49.7 Å². The zero-order valence-corrected chi connectivity index (χ0v) is 10.2. The van der Waals surface area contributed by atoms with Crippen LogP contribution in [-0.2, 0) is 4.74 Å². The minimum Gasteiger partial charge on any atom is -0.497 e. The van der Waals surface area contributed by atoms with Gasteiger partial charge in [0.15, 0.2) is 0 Å². The van der Waals surface area contributed by atoms with Crippen molar-refractivity contribution in [2.75, 3.05) is 7.11 Å². The van der Waals surface area contributed by atoms with Crippen molar-refractivity contribution in [2.24, 2.45) is 0 Å². The number of methoxy groups -OCH3 is 1. The van der Waals surface area contributed by atoms with Crippen LogP contribution in [0.3, 0.4) is 0 Å². The second-order valence-corrected chi connectivity index (χ2v) is 5.01. The monoisotopic (exact) mass is 280 g/mol. The van der Waals surface area contributed by atoms with Crippen molar-refractivity contribution in [3.05, 3.63) is 23.5 Å². The van der Waals surface area contributed by atoms with Gasteiger partial charge in [-0.3, -0.25) is 0 Å². The highest BCUT2D eigenvalue weighted by molar-refractivity contribution is 9.10. The Labute approximate surface area is 96.7 Å². The Morgan fingerprint density at radius 3 is 2.64 bits per heavy atom. The normalized spacial score (nSPS) is 32.0. The molecule has 1 rings (SSSR count). The summed E-state index contributed by atoms with van der Waals surface area (Å²) in [6.45, 7) is 1.82. The molecule has 2 unspecified atom stereocenters. The third-order valence-electron chi connectivity index (χ3n) is 2.16. The second-order valence-electron chi connectivity index (χ2n) is 3.17. The van der Waals surface area contributed by atoms with Gasteiger partial charge in [-0.05, 0) is 18.6 Å². The fraction of sp³-hybridized carbons (Fsp3) is 0.500. The van der Waals surface area contributed by atoms with Crippen LogP contribution in [0.25, 0.3) is 0 Å². The molecule has 0 aromatic carbocycles. The summed E-state index contributed by atoms with van der Waals surface area (Å²) in [6.07, 6.45) is 3.29. The highest BCUT2D eigenvalue weighted by atomic mass is 79.9. The molecule has 3 nitrogen and oxygen atoms in total. The van der Waals surface area contributed by atoms with Gasteiger partial charge in [0.05, 0.1) is 16.7 Å². The van der Waals surface area contributed by atoms with Crippen LogP contribution in [0.2, 0.25) is 0 Å². The van der Waals surface area contributed by atoms with E-state index in [2.05, 4.69) is 15.9 Å². The molecule has 0 saturated carbocycles. The van der Waals surface area contributed by atoms with Gasteiger partial charge < -0.3 is 14.8 Å². The first-order chi connectivity index (χ1) is 6.41. The fourth-order valence-electron chi connectivity index (χ4n) is 1.32. The third kappa shape index (κ3) is 2.01. The van der Waals surface area contributed by atoms with E-state index in [0.29, 0.717) is 5.76 Å². The highest BCUT2D eigenvalue weighted by Crippen LogP contribution is 2.37. The Hall–Kier alpha value is 0.0349. The van der Waals surface area contributed by atoms with E-state index in [1.807, 2.05) is 6.92 Å². The van der Waals surface area contributed by atoms with Crippen LogP contribution < -0.4 is 0 Å². The molecular weight excluding hydrogens is 270 g/mol. The van der Waals surface area contributed by atoms with Crippen molar-refractivity contribution in [3.8, 4) is 0 Å². The van der Waals surface area contributed by atoms with E-state index in [-0.39, 0.29) is 0 Å². The lowest BCUT2D eigenvalue weighted by atomic mass is 9.68. The van der Waals surface area contributed by atoms with E-state index in [1.165, 1.54) is 0 Å². The quantitative estimate of drug-likeness (QED) is 0.591. The summed E-state index contributed by atoms with van der Waals surface area (Å²) in [5.74, 6) is 0.653. The number of hydrogen-bond acceptors (Lipinski definition) is 3. The summed E-state index contributed by atoms with van der Waals surface area (Å²) >= 11 is 9.20. The molecule has 0 aliphatic heterocycles. The lowest BCUT2D eigenvalue weighted by Crippen LogP contribution is -2.47. The Balaban J connectivity index is 3.04. The molecule has 0 aromatic heterocycles. The first-order valence-corrected chi connectivity index (χ1v) is 5.29. The van der Waals surface area contributed by atoms with Crippen molar-refractivity contribution in [1.29, 1.82) is 0 Å². The molecule has 0 spiro atoms.